The van der Waals surface area contributed by atoms with Gasteiger partial charge in [-0.3, -0.25) is 0 Å². The molecule has 0 saturated carbocycles. The Morgan fingerprint density at radius 3 is 0.559 bits per heavy atom. The second-order valence-electron chi connectivity index (χ2n) is 18.2. The quantitative estimate of drug-likeness (QED) is 0.0783. The summed E-state index contributed by atoms with van der Waals surface area (Å²) in [7, 11) is -6.60. The van der Waals surface area contributed by atoms with Gasteiger partial charge in [0.2, 0.25) is 0 Å². The van der Waals surface area contributed by atoms with Gasteiger partial charge in [0, 0.05) is 11.4 Å². The second kappa shape index (κ2) is 17.0. The predicted octanol–water partition coefficient (Wildman–Crippen LogP) is 12.2. The Bertz CT molecular complexity index is 3340. The Morgan fingerprint density at radius 2 is 0.382 bits per heavy atom. The number of fused-ring (bicyclic) bond motifs is 6. The zero-order valence-corrected chi connectivity index (χ0v) is 40.1. The Labute approximate surface area is 399 Å². The van der Waals surface area contributed by atoms with E-state index in [4.69, 9.17) is 9.32 Å². The van der Waals surface area contributed by atoms with Gasteiger partial charge in [-0.2, -0.15) is 0 Å². The van der Waals surface area contributed by atoms with Crippen molar-refractivity contribution in [2.75, 3.05) is 0 Å². The molecule has 322 valence electrons. The summed E-state index contributed by atoms with van der Waals surface area (Å²) < 4.78 is 12.6. The molecule has 0 heterocycles. The van der Waals surface area contributed by atoms with E-state index in [9.17, 15) is 0 Å². The van der Waals surface area contributed by atoms with Gasteiger partial charge in [-0.25, -0.2) is 0 Å². The topological polar surface area (TPSA) is 24.7 Å². The molecule has 0 unspecified atom stereocenters. The first-order valence-electron chi connectivity index (χ1n) is 23.5. The van der Waals surface area contributed by atoms with Crippen molar-refractivity contribution in [2.45, 2.75) is 13.8 Å². The largest absolute Gasteiger partial charge is 0.307 e. The van der Waals surface area contributed by atoms with Gasteiger partial charge < -0.3 is 9.32 Å². The van der Waals surface area contributed by atoms with E-state index in [0.717, 1.165) is 11.4 Å². The lowest BCUT2D eigenvalue weighted by Gasteiger charge is -2.33. The Hall–Kier alpha value is -8.03. The predicted molar refractivity (Wildman–Crippen MR) is 299 cm³/mol. The van der Waals surface area contributed by atoms with Gasteiger partial charge in [-0.05, 0) is 110 Å². The van der Waals surface area contributed by atoms with Crippen molar-refractivity contribution in [3.63, 3.8) is 0 Å². The summed E-state index contributed by atoms with van der Waals surface area (Å²) in [6.07, 6.45) is 0. The van der Waals surface area contributed by atoms with Gasteiger partial charge in [0.05, 0.1) is 0 Å². The van der Waals surface area contributed by atoms with E-state index in [-0.39, 0.29) is 0 Å². The molecule has 0 aromatic heterocycles. The number of hydrogen-bond acceptors (Lipinski definition) is 2. The minimum absolute atomic E-state index is 0.936. The smallest absolute Gasteiger partial charge is 0.273 e. The monoisotopic (exact) mass is 900 g/mol. The molecule has 12 aromatic carbocycles. The van der Waals surface area contributed by atoms with E-state index in [0.29, 0.717) is 0 Å². The highest BCUT2D eigenvalue weighted by Gasteiger charge is 2.43. The highest BCUT2D eigenvalue weighted by atomic mass is 28.3. The summed E-state index contributed by atoms with van der Waals surface area (Å²) in [5.41, 5.74) is 1.87. The first-order valence-corrected chi connectivity index (χ1v) is 27.4. The van der Waals surface area contributed by atoms with Crippen LogP contribution in [0.25, 0.3) is 64.6 Å². The van der Waals surface area contributed by atoms with Crippen LogP contribution in [0.3, 0.4) is 0 Å². The third-order valence-corrected chi connectivity index (χ3v) is 22.4. The van der Waals surface area contributed by atoms with Crippen molar-refractivity contribution < 1.29 is 0 Å². The molecular weight excluding hydrogens is 853 g/mol. The van der Waals surface area contributed by atoms with Crippen LogP contribution in [0, 0.1) is 0 Å². The molecule has 4 heteroatoms. The summed E-state index contributed by atoms with van der Waals surface area (Å²) in [4.78, 5) is 0. The third-order valence-electron chi connectivity index (χ3n) is 14.2. The van der Waals surface area contributed by atoms with E-state index >= 15 is 0 Å². The maximum Gasteiger partial charge on any atom is 0.273 e. The molecule has 0 radical (unpaired) electrons. The Kier molecular flexibility index (Phi) is 10.4. The number of hydrogen-bond donors (Lipinski definition) is 0. The fraction of sp³-hybridized carbons (Fsp3) is 0.0312. The van der Waals surface area contributed by atoms with Gasteiger partial charge in [-0.1, -0.05) is 255 Å². The van der Waals surface area contributed by atoms with E-state index < -0.39 is 16.5 Å². The zero-order chi connectivity index (χ0) is 45.7. The van der Waals surface area contributed by atoms with Crippen molar-refractivity contribution in [2.24, 2.45) is 9.32 Å². The molecule has 68 heavy (non-hydrogen) atoms. The van der Waals surface area contributed by atoms with Crippen LogP contribution in [0.4, 0.5) is 0 Å². The SMILES string of the molecule is CC(=N[Si](c1ccc2ccccc2c1)(c1ccc2ccccc2c1)c1ccc2ccccc2c1)C(C)=N[Si](c1ccc2ccccc2c1)(c1ccc2ccccc2c1)c1ccc2ccccc2c1. The number of rotatable bonds is 9. The maximum absolute atomic E-state index is 6.30. The maximum atomic E-state index is 6.30. The third kappa shape index (κ3) is 7.17. The van der Waals surface area contributed by atoms with E-state index in [2.05, 4.69) is 269 Å². The van der Waals surface area contributed by atoms with Crippen molar-refractivity contribution in [3.05, 3.63) is 255 Å². The molecule has 0 atom stereocenters. The minimum atomic E-state index is -3.30. The van der Waals surface area contributed by atoms with E-state index in [1.165, 1.54) is 95.8 Å². The van der Waals surface area contributed by atoms with E-state index in [1.807, 2.05) is 0 Å². The Balaban J connectivity index is 1.18. The standard InChI is InChI=1S/C64H48N2Si2/c1-45(65-67(59-33-27-47-15-3-9-21-53(47)39-59,60-34-28-48-16-4-10-22-54(48)40-60)61-35-29-49-17-5-11-23-55(49)41-61)46(2)66-68(62-36-30-50-18-6-12-24-56(50)42-62,63-37-31-51-19-7-13-25-57(51)43-63)64-38-32-52-20-8-14-26-58(52)44-64/h3-44H,1-2H3. The van der Waals surface area contributed by atoms with Crippen molar-refractivity contribution >= 4 is 124 Å². The molecule has 0 fully saturated rings. The normalized spacial score (nSPS) is 12.7. The molecule has 0 bridgehead atoms. The molecule has 0 N–H and O–H groups in total. The molecule has 0 spiro atoms. The number of nitrogens with zero attached hydrogens (tertiary/aromatic N) is 2. The van der Waals surface area contributed by atoms with Crippen molar-refractivity contribution in [1.82, 2.24) is 0 Å². The highest BCUT2D eigenvalue weighted by molar-refractivity contribution is 7.12. The summed E-state index contributed by atoms with van der Waals surface area (Å²) in [6.45, 7) is 4.42. The van der Waals surface area contributed by atoms with Gasteiger partial charge >= 0.3 is 0 Å². The van der Waals surface area contributed by atoms with Gasteiger partial charge in [0.25, 0.3) is 16.5 Å². The average Bonchev–Trinajstić information content (AvgIpc) is 3.40. The lowest BCUT2D eigenvalue weighted by Crippen LogP contribution is -2.67. The molecule has 0 aliphatic rings. The highest BCUT2D eigenvalue weighted by Crippen LogP contribution is 2.25. The first kappa shape index (κ1) is 41.4. The van der Waals surface area contributed by atoms with Crippen LogP contribution in [-0.4, -0.2) is 27.9 Å². The lowest BCUT2D eigenvalue weighted by atomic mass is 10.1. The Morgan fingerprint density at radius 1 is 0.221 bits per heavy atom. The van der Waals surface area contributed by atoms with Crippen LogP contribution in [-0.2, 0) is 0 Å². The van der Waals surface area contributed by atoms with Crippen LogP contribution in [0.1, 0.15) is 13.8 Å². The zero-order valence-electron chi connectivity index (χ0n) is 38.1. The lowest BCUT2D eigenvalue weighted by molar-refractivity contribution is 1.58. The van der Waals surface area contributed by atoms with Crippen LogP contribution >= 0.6 is 0 Å². The second-order valence-corrected chi connectivity index (χ2v) is 24.9. The molecule has 0 aliphatic carbocycles. The summed E-state index contributed by atoms with van der Waals surface area (Å²) >= 11 is 0. The van der Waals surface area contributed by atoms with Crippen molar-refractivity contribution in [1.29, 1.82) is 0 Å². The minimum Gasteiger partial charge on any atom is -0.307 e. The first-order chi connectivity index (χ1) is 33.4. The van der Waals surface area contributed by atoms with Gasteiger partial charge in [-0.15, -0.1) is 0 Å². The molecule has 0 amide bonds. The molecule has 12 aromatic rings. The fourth-order valence-corrected chi connectivity index (χ4v) is 18.8. The summed E-state index contributed by atoms with van der Waals surface area (Å²) in [6, 6.07) is 94.5. The summed E-state index contributed by atoms with van der Waals surface area (Å²) in [5, 5.41) is 21.9. The van der Waals surface area contributed by atoms with Crippen LogP contribution in [0.2, 0.25) is 0 Å². The van der Waals surface area contributed by atoms with Crippen LogP contribution in [0.5, 0.6) is 0 Å². The molecule has 0 aliphatic heterocycles. The van der Waals surface area contributed by atoms with Crippen LogP contribution < -0.4 is 31.1 Å². The van der Waals surface area contributed by atoms with E-state index in [1.54, 1.807) is 0 Å². The van der Waals surface area contributed by atoms with Crippen molar-refractivity contribution in [3.8, 4) is 0 Å². The summed E-state index contributed by atoms with van der Waals surface area (Å²) in [5.74, 6) is 0. The average molecular weight is 901 g/mol. The van der Waals surface area contributed by atoms with Gasteiger partial charge in [0.1, 0.15) is 0 Å². The molecular formula is C64H48N2Si2. The number of benzene rings is 12. The van der Waals surface area contributed by atoms with Gasteiger partial charge in [0.15, 0.2) is 0 Å². The molecule has 12 rings (SSSR count). The van der Waals surface area contributed by atoms with Crippen LogP contribution in [0.15, 0.2) is 264 Å². The molecule has 2 nitrogen and oxygen atoms in total. The fourth-order valence-electron chi connectivity index (χ4n) is 10.5. The molecule has 0 saturated heterocycles.